The third-order valence-electron chi connectivity index (χ3n) is 3.25. The Kier molecular flexibility index (Phi) is 5.17. The first-order chi connectivity index (χ1) is 8.66. The predicted octanol–water partition coefficient (Wildman–Crippen LogP) is 2.44. The number of anilines is 1. The molecular weight excluding hydrogens is 339 g/mol. The van der Waals surface area contributed by atoms with Crippen molar-refractivity contribution in [1.82, 2.24) is 15.3 Å². The van der Waals surface area contributed by atoms with Crippen molar-refractivity contribution < 1.29 is 0 Å². The minimum absolute atomic E-state index is 0.529. The van der Waals surface area contributed by atoms with Gasteiger partial charge in [0.1, 0.15) is 0 Å². The molecule has 0 amide bonds. The lowest BCUT2D eigenvalue weighted by molar-refractivity contribution is 0.416. The van der Waals surface area contributed by atoms with E-state index in [0.717, 1.165) is 22.6 Å². The summed E-state index contributed by atoms with van der Waals surface area (Å²) >= 11 is 2.24. The summed E-state index contributed by atoms with van der Waals surface area (Å²) in [5, 5.41) is 3.53. The van der Waals surface area contributed by atoms with Gasteiger partial charge in [-0.2, -0.15) is 0 Å². The molecule has 18 heavy (non-hydrogen) atoms. The zero-order chi connectivity index (χ0) is 13.0. The standard InChI is InChI=1S/C13H21IN4/c1-10(2)15-9-12-5-3-4-6-18(12)13-16-7-11(14)8-17-13/h7-8,10,12,15H,3-6,9H2,1-2H3. The fourth-order valence-corrected chi connectivity index (χ4v) is 2.58. The quantitative estimate of drug-likeness (QED) is 0.838. The molecule has 1 aromatic heterocycles. The van der Waals surface area contributed by atoms with Crippen molar-refractivity contribution in [3.05, 3.63) is 16.0 Å². The molecule has 1 aromatic rings. The summed E-state index contributed by atoms with van der Waals surface area (Å²) in [5.74, 6) is 0.880. The summed E-state index contributed by atoms with van der Waals surface area (Å²) in [5.41, 5.74) is 0. The van der Waals surface area contributed by atoms with E-state index in [9.17, 15) is 0 Å². The van der Waals surface area contributed by atoms with Crippen LogP contribution in [-0.4, -0.2) is 35.1 Å². The molecule has 0 bridgehead atoms. The van der Waals surface area contributed by atoms with Gasteiger partial charge in [-0.3, -0.25) is 0 Å². The van der Waals surface area contributed by atoms with Crippen molar-refractivity contribution in [2.45, 2.75) is 45.2 Å². The molecule has 100 valence electrons. The predicted molar refractivity (Wildman–Crippen MR) is 82.9 cm³/mol. The van der Waals surface area contributed by atoms with E-state index < -0.39 is 0 Å². The molecule has 2 heterocycles. The minimum Gasteiger partial charge on any atom is -0.337 e. The van der Waals surface area contributed by atoms with Gasteiger partial charge in [-0.1, -0.05) is 13.8 Å². The van der Waals surface area contributed by atoms with Gasteiger partial charge < -0.3 is 10.2 Å². The molecule has 1 unspecified atom stereocenters. The fourth-order valence-electron chi connectivity index (χ4n) is 2.30. The normalized spacial score (nSPS) is 20.4. The largest absolute Gasteiger partial charge is 0.337 e. The van der Waals surface area contributed by atoms with Crippen LogP contribution >= 0.6 is 22.6 Å². The van der Waals surface area contributed by atoms with Crippen molar-refractivity contribution in [3.63, 3.8) is 0 Å². The van der Waals surface area contributed by atoms with Gasteiger partial charge in [0.15, 0.2) is 0 Å². The van der Waals surface area contributed by atoms with Crippen LogP contribution in [0.4, 0.5) is 5.95 Å². The summed E-state index contributed by atoms with van der Waals surface area (Å²) in [6, 6.07) is 1.06. The molecule has 0 radical (unpaired) electrons. The van der Waals surface area contributed by atoms with Crippen molar-refractivity contribution in [2.75, 3.05) is 18.0 Å². The molecule has 0 saturated carbocycles. The number of hydrogen-bond acceptors (Lipinski definition) is 4. The maximum Gasteiger partial charge on any atom is 0.225 e. The lowest BCUT2D eigenvalue weighted by atomic mass is 10.0. The van der Waals surface area contributed by atoms with E-state index >= 15 is 0 Å². The number of rotatable bonds is 4. The van der Waals surface area contributed by atoms with Crippen LogP contribution in [0.15, 0.2) is 12.4 Å². The van der Waals surface area contributed by atoms with Gasteiger partial charge in [-0.15, -0.1) is 0 Å². The summed E-state index contributed by atoms with van der Waals surface area (Å²) in [4.78, 5) is 11.3. The van der Waals surface area contributed by atoms with E-state index in [1.54, 1.807) is 0 Å². The summed E-state index contributed by atoms with van der Waals surface area (Å²) in [7, 11) is 0. The Morgan fingerprint density at radius 3 is 2.78 bits per heavy atom. The van der Waals surface area contributed by atoms with Crippen LogP contribution < -0.4 is 10.2 Å². The fraction of sp³-hybridized carbons (Fsp3) is 0.692. The molecule has 1 aliphatic rings. The first-order valence-electron chi connectivity index (χ1n) is 6.64. The van der Waals surface area contributed by atoms with Crippen molar-refractivity contribution in [3.8, 4) is 0 Å². The Labute approximate surface area is 123 Å². The Morgan fingerprint density at radius 1 is 1.39 bits per heavy atom. The highest BCUT2D eigenvalue weighted by Crippen LogP contribution is 2.21. The number of hydrogen-bond donors (Lipinski definition) is 1. The molecule has 2 rings (SSSR count). The second-order valence-corrected chi connectivity index (χ2v) is 6.35. The Balaban J connectivity index is 2.05. The highest BCUT2D eigenvalue weighted by atomic mass is 127. The smallest absolute Gasteiger partial charge is 0.225 e. The molecule has 1 fully saturated rings. The van der Waals surface area contributed by atoms with Crippen LogP contribution in [-0.2, 0) is 0 Å². The number of nitrogens with zero attached hydrogens (tertiary/aromatic N) is 3. The Morgan fingerprint density at radius 2 is 2.11 bits per heavy atom. The highest BCUT2D eigenvalue weighted by molar-refractivity contribution is 14.1. The van der Waals surface area contributed by atoms with Gasteiger partial charge in [0.2, 0.25) is 5.95 Å². The van der Waals surface area contributed by atoms with Crippen LogP contribution in [0.5, 0.6) is 0 Å². The summed E-state index contributed by atoms with van der Waals surface area (Å²) < 4.78 is 1.09. The molecule has 0 spiro atoms. The number of nitrogens with one attached hydrogen (secondary N) is 1. The molecule has 1 N–H and O–H groups in total. The van der Waals surface area contributed by atoms with Gasteiger partial charge in [-0.25, -0.2) is 9.97 Å². The molecule has 5 heteroatoms. The third-order valence-corrected chi connectivity index (χ3v) is 3.81. The molecule has 0 aliphatic carbocycles. The van der Waals surface area contributed by atoms with Crippen molar-refractivity contribution in [1.29, 1.82) is 0 Å². The van der Waals surface area contributed by atoms with Crippen LogP contribution in [0.3, 0.4) is 0 Å². The number of aromatic nitrogens is 2. The molecule has 0 aromatic carbocycles. The molecule has 1 atom stereocenters. The number of halogens is 1. The van der Waals surface area contributed by atoms with Crippen LogP contribution in [0.1, 0.15) is 33.1 Å². The molecule has 1 saturated heterocycles. The zero-order valence-electron chi connectivity index (χ0n) is 11.1. The van der Waals surface area contributed by atoms with Crippen molar-refractivity contribution >= 4 is 28.5 Å². The van der Waals surface area contributed by atoms with E-state index in [1.165, 1.54) is 19.3 Å². The van der Waals surface area contributed by atoms with Crippen molar-refractivity contribution in [2.24, 2.45) is 0 Å². The monoisotopic (exact) mass is 360 g/mol. The molecule has 4 nitrogen and oxygen atoms in total. The highest BCUT2D eigenvalue weighted by Gasteiger charge is 2.24. The van der Waals surface area contributed by atoms with Gasteiger partial charge in [0, 0.05) is 41.1 Å². The van der Waals surface area contributed by atoms with Gasteiger partial charge >= 0.3 is 0 Å². The lowest BCUT2D eigenvalue weighted by Crippen LogP contribution is -2.47. The Hall–Kier alpha value is -0.430. The minimum atomic E-state index is 0.529. The number of piperidine rings is 1. The summed E-state index contributed by atoms with van der Waals surface area (Å²) in [6.45, 7) is 6.47. The molecule has 1 aliphatic heterocycles. The average Bonchev–Trinajstić information content (AvgIpc) is 2.38. The third kappa shape index (κ3) is 3.78. The van der Waals surface area contributed by atoms with E-state index in [4.69, 9.17) is 0 Å². The maximum absolute atomic E-state index is 4.46. The Bertz CT molecular complexity index is 366. The average molecular weight is 360 g/mol. The van der Waals surface area contributed by atoms with E-state index in [0.29, 0.717) is 12.1 Å². The van der Waals surface area contributed by atoms with Gasteiger partial charge in [0.25, 0.3) is 0 Å². The van der Waals surface area contributed by atoms with Crippen LogP contribution in [0.25, 0.3) is 0 Å². The van der Waals surface area contributed by atoms with Crippen LogP contribution in [0.2, 0.25) is 0 Å². The first-order valence-corrected chi connectivity index (χ1v) is 7.72. The van der Waals surface area contributed by atoms with Gasteiger partial charge in [0.05, 0.1) is 0 Å². The summed E-state index contributed by atoms with van der Waals surface area (Å²) in [6.07, 6.45) is 7.57. The second-order valence-electron chi connectivity index (χ2n) is 5.11. The lowest BCUT2D eigenvalue weighted by Gasteiger charge is -2.36. The molecular formula is C13H21IN4. The SMILES string of the molecule is CC(C)NCC1CCCCN1c1ncc(I)cn1. The van der Waals surface area contributed by atoms with E-state index in [2.05, 4.69) is 56.6 Å². The topological polar surface area (TPSA) is 41.0 Å². The maximum atomic E-state index is 4.46. The first kappa shape index (κ1) is 14.0. The van der Waals surface area contributed by atoms with E-state index in [1.807, 2.05) is 12.4 Å². The zero-order valence-corrected chi connectivity index (χ0v) is 13.2. The van der Waals surface area contributed by atoms with Gasteiger partial charge in [-0.05, 0) is 41.9 Å². The van der Waals surface area contributed by atoms with Crippen LogP contribution in [0, 0.1) is 3.57 Å². The van der Waals surface area contributed by atoms with E-state index in [-0.39, 0.29) is 0 Å². The second kappa shape index (κ2) is 6.65.